The normalized spacial score (nSPS) is 22.1. The molecule has 3 aliphatic rings. The zero-order chi connectivity index (χ0) is 21.1. The average molecular weight is 439 g/mol. The van der Waals surface area contributed by atoms with Crippen LogP contribution < -0.4 is 15.2 Å². The van der Waals surface area contributed by atoms with Crippen LogP contribution in [0.5, 0.6) is 5.75 Å². The Balaban J connectivity index is 1.57. The van der Waals surface area contributed by atoms with Crippen molar-refractivity contribution in [2.75, 3.05) is 36.8 Å². The second kappa shape index (κ2) is 9.26. The van der Waals surface area contributed by atoms with Crippen LogP contribution in [0.15, 0.2) is 11.0 Å². The Morgan fingerprint density at radius 1 is 1.03 bits per heavy atom. The van der Waals surface area contributed by atoms with Crippen molar-refractivity contribution in [2.45, 2.75) is 76.9 Å². The third-order valence-electron chi connectivity index (χ3n) is 6.63. The van der Waals surface area contributed by atoms with Crippen molar-refractivity contribution in [1.82, 2.24) is 14.1 Å². The molecule has 0 amide bonds. The number of hydrogen-bond donors (Lipinski definition) is 0. The van der Waals surface area contributed by atoms with E-state index in [9.17, 15) is 13.2 Å². The highest BCUT2D eigenvalue weighted by atomic mass is 32.2. The van der Waals surface area contributed by atoms with Crippen LogP contribution in [-0.4, -0.2) is 60.5 Å². The van der Waals surface area contributed by atoms with Gasteiger partial charge in [0.25, 0.3) is 0 Å². The van der Waals surface area contributed by atoms with E-state index in [1.807, 2.05) is 6.92 Å². The Hall–Kier alpha value is -1.61. The topological polar surface area (TPSA) is 84.7 Å². The number of nitrogens with zero attached hydrogens (tertiary/aromatic N) is 4. The van der Waals surface area contributed by atoms with Gasteiger partial charge in [-0.1, -0.05) is 19.8 Å². The molecule has 1 aromatic heterocycles. The maximum atomic E-state index is 13.4. The van der Waals surface area contributed by atoms with Crippen molar-refractivity contribution < 1.29 is 13.2 Å². The summed E-state index contributed by atoms with van der Waals surface area (Å²) in [6.07, 6.45) is 10.9. The van der Waals surface area contributed by atoms with Gasteiger partial charge in [-0.15, -0.1) is 0 Å². The number of anilines is 1. The lowest BCUT2D eigenvalue weighted by Crippen LogP contribution is -2.49. The lowest BCUT2D eigenvalue weighted by atomic mass is 10.2. The van der Waals surface area contributed by atoms with Crippen molar-refractivity contribution in [3.8, 4) is 5.75 Å². The molecule has 30 heavy (non-hydrogen) atoms. The van der Waals surface area contributed by atoms with E-state index in [1.165, 1.54) is 0 Å². The molecule has 1 saturated heterocycles. The molecule has 0 spiro atoms. The largest absolute Gasteiger partial charge is 0.483 e. The number of hydrogen-bond acceptors (Lipinski definition) is 6. The van der Waals surface area contributed by atoms with Gasteiger partial charge in [0.05, 0.1) is 24.1 Å². The second-order valence-electron chi connectivity index (χ2n) is 8.77. The molecule has 0 unspecified atom stereocenters. The quantitative estimate of drug-likeness (QED) is 0.650. The fourth-order valence-corrected chi connectivity index (χ4v) is 6.45. The summed E-state index contributed by atoms with van der Waals surface area (Å²) < 4.78 is 34.2. The SMILES string of the molecule is CCCS(=O)(=O)N1CCN(c2cnn(C3CCCC3)c(=O)c2OC2CCCC2)CC1. The highest BCUT2D eigenvalue weighted by Gasteiger charge is 2.31. The van der Waals surface area contributed by atoms with Crippen LogP contribution >= 0.6 is 0 Å². The van der Waals surface area contributed by atoms with Gasteiger partial charge in [0, 0.05) is 26.2 Å². The Morgan fingerprint density at radius 3 is 2.30 bits per heavy atom. The van der Waals surface area contributed by atoms with Crippen molar-refractivity contribution in [3.63, 3.8) is 0 Å². The molecular formula is C21H34N4O4S. The molecule has 0 N–H and O–H groups in total. The van der Waals surface area contributed by atoms with Crippen LogP contribution in [0, 0.1) is 0 Å². The van der Waals surface area contributed by atoms with Gasteiger partial charge in [-0.05, 0) is 44.9 Å². The molecule has 0 radical (unpaired) electrons. The van der Waals surface area contributed by atoms with E-state index >= 15 is 0 Å². The molecule has 0 aromatic carbocycles. The molecule has 0 bridgehead atoms. The van der Waals surface area contributed by atoms with Crippen LogP contribution in [0.2, 0.25) is 0 Å². The molecule has 2 aliphatic carbocycles. The van der Waals surface area contributed by atoms with Gasteiger partial charge in [0.1, 0.15) is 5.69 Å². The van der Waals surface area contributed by atoms with Crippen molar-refractivity contribution in [2.24, 2.45) is 0 Å². The number of ether oxygens (including phenoxy) is 1. The predicted molar refractivity (Wildman–Crippen MR) is 117 cm³/mol. The summed E-state index contributed by atoms with van der Waals surface area (Å²) >= 11 is 0. The zero-order valence-electron chi connectivity index (χ0n) is 18.0. The summed E-state index contributed by atoms with van der Waals surface area (Å²) in [5.41, 5.74) is 0.584. The fourth-order valence-electron chi connectivity index (χ4n) is 4.95. The van der Waals surface area contributed by atoms with Crippen LogP contribution in [0.3, 0.4) is 0 Å². The molecule has 8 nitrogen and oxygen atoms in total. The first-order chi connectivity index (χ1) is 14.5. The smallest absolute Gasteiger partial charge is 0.311 e. The molecule has 9 heteroatoms. The van der Waals surface area contributed by atoms with Gasteiger partial charge < -0.3 is 9.64 Å². The van der Waals surface area contributed by atoms with Crippen molar-refractivity contribution >= 4 is 15.7 Å². The van der Waals surface area contributed by atoms with Gasteiger partial charge in [0.15, 0.2) is 0 Å². The third-order valence-corrected chi connectivity index (χ3v) is 8.71. The van der Waals surface area contributed by atoms with Gasteiger partial charge in [-0.2, -0.15) is 9.40 Å². The lowest BCUT2D eigenvalue weighted by Gasteiger charge is -2.36. The maximum Gasteiger partial charge on any atom is 0.311 e. The minimum absolute atomic E-state index is 0.0853. The van der Waals surface area contributed by atoms with Gasteiger partial charge in [-0.3, -0.25) is 4.79 Å². The monoisotopic (exact) mass is 438 g/mol. The first-order valence-corrected chi connectivity index (χ1v) is 13.1. The van der Waals surface area contributed by atoms with Gasteiger partial charge >= 0.3 is 5.56 Å². The van der Waals surface area contributed by atoms with Crippen LogP contribution in [0.1, 0.15) is 70.8 Å². The summed E-state index contributed by atoms with van der Waals surface area (Å²) in [6, 6.07) is 0.161. The highest BCUT2D eigenvalue weighted by Crippen LogP contribution is 2.32. The third kappa shape index (κ3) is 4.51. The lowest BCUT2D eigenvalue weighted by molar-refractivity contribution is 0.203. The molecule has 1 aliphatic heterocycles. The standard InChI is InChI=1S/C21H34N4O4S/c1-2-15-30(27,28)24-13-11-23(12-14-24)19-16-22-25(17-7-3-4-8-17)21(26)20(19)29-18-9-5-6-10-18/h16-18H,2-15H2,1H3. The predicted octanol–water partition coefficient (Wildman–Crippen LogP) is 2.54. The Kier molecular flexibility index (Phi) is 6.67. The van der Waals surface area contributed by atoms with Crippen molar-refractivity contribution in [3.05, 3.63) is 16.6 Å². The molecule has 3 fully saturated rings. The van der Waals surface area contributed by atoms with E-state index in [0.717, 1.165) is 51.4 Å². The van der Waals surface area contributed by atoms with Crippen LogP contribution in [0.25, 0.3) is 0 Å². The first-order valence-electron chi connectivity index (χ1n) is 11.5. The van der Waals surface area contributed by atoms with Gasteiger partial charge in [-0.25, -0.2) is 13.1 Å². The number of sulfonamides is 1. The van der Waals surface area contributed by atoms with Gasteiger partial charge in [0.2, 0.25) is 15.8 Å². The molecular weight excluding hydrogens is 404 g/mol. The summed E-state index contributed by atoms with van der Waals surface area (Å²) in [4.78, 5) is 15.4. The summed E-state index contributed by atoms with van der Waals surface area (Å²) in [5, 5.41) is 4.52. The minimum atomic E-state index is -3.20. The van der Waals surface area contributed by atoms with Crippen LogP contribution in [0.4, 0.5) is 5.69 Å². The fraction of sp³-hybridized carbons (Fsp3) is 0.810. The number of aromatic nitrogens is 2. The zero-order valence-corrected chi connectivity index (χ0v) is 18.8. The second-order valence-corrected chi connectivity index (χ2v) is 10.9. The van der Waals surface area contributed by atoms with E-state index < -0.39 is 10.0 Å². The maximum absolute atomic E-state index is 13.4. The van der Waals surface area contributed by atoms with E-state index in [-0.39, 0.29) is 23.5 Å². The number of piperazine rings is 1. The Labute approximate surface area is 179 Å². The molecule has 0 atom stereocenters. The molecule has 1 aromatic rings. The Bertz CT molecular complexity index is 881. The van der Waals surface area contributed by atoms with E-state index in [4.69, 9.17) is 4.74 Å². The highest BCUT2D eigenvalue weighted by molar-refractivity contribution is 7.89. The first kappa shape index (κ1) is 21.6. The summed E-state index contributed by atoms with van der Waals surface area (Å²) in [7, 11) is -3.20. The molecule has 2 heterocycles. The minimum Gasteiger partial charge on any atom is -0.483 e. The van der Waals surface area contributed by atoms with Crippen molar-refractivity contribution in [1.29, 1.82) is 0 Å². The molecule has 2 saturated carbocycles. The van der Waals surface area contributed by atoms with E-state index in [1.54, 1.807) is 15.2 Å². The van der Waals surface area contributed by atoms with Crippen LogP contribution in [-0.2, 0) is 10.0 Å². The Morgan fingerprint density at radius 2 is 1.67 bits per heavy atom. The van der Waals surface area contributed by atoms with E-state index in [0.29, 0.717) is 44.0 Å². The molecule has 4 rings (SSSR count). The summed E-state index contributed by atoms with van der Waals surface area (Å²) in [6.45, 7) is 3.82. The molecule has 168 valence electrons. The summed E-state index contributed by atoms with van der Waals surface area (Å²) in [5.74, 6) is 0.593. The number of rotatable bonds is 7. The van der Waals surface area contributed by atoms with E-state index in [2.05, 4.69) is 10.00 Å². The average Bonchev–Trinajstić information content (AvgIpc) is 3.44.